The molecule has 104 valence electrons. The van der Waals surface area contributed by atoms with Crippen LogP contribution in [-0.2, 0) is 0 Å². The first-order chi connectivity index (χ1) is 9.15. The smallest absolute Gasteiger partial charge is 0.103 e. The van der Waals surface area contributed by atoms with Crippen molar-refractivity contribution in [3.63, 3.8) is 0 Å². The first-order valence-electron chi connectivity index (χ1n) is 6.58. The zero-order chi connectivity index (χ0) is 14.0. The summed E-state index contributed by atoms with van der Waals surface area (Å²) >= 11 is 1.79. The quantitative estimate of drug-likeness (QED) is 0.842. The molecule has 3 heterocycles. The first kappa shape index (κ1) is 14.4. The molecule has 2 atom stereocenters. The zero-order valence-electron chi connectivity index (χ0n) is 11.9. The van der Waals surface area contributed by atoms with Gasteiger partial charge in [-0.05, 0) is 33.6 Å². The number of thiazole rings is 1. The van der Waals surface area contributed by atoms with E-state index in [4.69, 9.17) is 5.11 Å². The van der Waals surface area contributed by atoms with Crippen LogP contribution in [0.1, 0.15) is 42.1 Å². The highest BCUT2D eigenvalue weighted by Crippen LogP contribution is 2.34. The second-order valence-electron chi connectivity index (χ2n) is 4.91. The minimum atomic E-state index is 0.459. The van der Waals surface area contributed by atoms with Crippen molar-refractivity contribution < 1.29 is 5.11 Å². The Morgan fingerprint density at radius 2 is 2.05 bits per heavy atom. The number of nitrogens with one attached hydrogen (secondary N) is 1. The summed E-state index contributed by atoms with van der Waals surface area (Å²) in [6, 6.07) is 1.07. The molecule has 0 unspecified atom stereocenters. The van der Waals surface area contributed by atoms with E-state index in [1.165, 1.54) is 23.1 Å². The molecular weight excluding hydrogens is 258 g/mol. The summed E-state index contributed by atoms with van der Waals surface area (Å²) in [5, 5.41) is 11.8. The molecule has 0 bridgehead atoms. The van der Waals surface area contributed by atoms with E-state index in [-0.39, 0.29) is 0 Å². The largest absolute Gasteiger partial charge is 0.400 e. The number of pyridine rings is 1. The van der Waals surface area contributed by atoms with Crippen molar-refractivity contribution in [3.8, 4) is 0 Å². The molecule has 0 radical (unpaired) electrons. The van der Waals surface area contributed by atoms with Gasteiger partial charge in [-0.15, -0.1) is 11.3 Å². The molecule has 0 aromatic carbocycles. The Morgan fingerprint density at radius 3 is 2.68 bits per heavy atom. The van der Waals surface area contributed by atoms with Crippen molar-refractivity contribution in [3.05, 3.63) is 22.5 Å². The van der Waals surface area contributed by atoms with E-state index in [1.807, 2.05) is 13.1 Å². The fraction of sp³-hybridized carbons (Fsp3) is 0.571. The van der Waals surface area contributed by atoms with Crippen LogP contribution in [0.2, 0.25) is 0 Å². The molecule has 4 nitrogen and oxygen atoms in total. The van der Waals surface area contributed by atoms with E-state index in [2.05, 4.69) is 29.1 Å². The van der Waals surface area contributed by atoms with Crippen LogP contribution in [0, 0.1) is 13.8 Å². The highest BCUT2D eigenvalue weighted by molar-refractivity contribution is 7.18. The molecule has 0 amide bonds. The van der Waals surface area contributed by atoms with E-state index in [1.54, 1.807) is 11.3 Å². The topological polar surface area (TPSA) is 58.0 Å². The molecule has 5 heteroatoms. The van der Waals surface area contributed by atoms with Crippen molar-refractivity contribution in [2.24, 2.45) is 0 Å². The Bertz CT molecular complexity index is 567. The molecule has 0 saturated carbocycles. The van der Waals surface area contributed by atoms with Crippen LogP contribution in [0.5, 0.6) is 0 Å². The molecule has 1 saturated heterocycles. The van der Waals surface area contributed by atoms with Gasteiger partial charge in [0, 0.05) is 31.0 Å². The van der Waals surface area contributed by atoms with Crippen LogP contribution in [-0.4, -0.2) is 28.2 Å². The fourth-order valence-electron chi connectivity index (χ4n) is 2.57. The number of aliphatic hydroxyl groups excluding tert-OH is 1. The number of aryl methyl sites for hydroxylation is 2. The van der Waals surface area contributed by atoms with Gasteiger partial charge in [0.15, 0.2) is 0 Å². The van der Waals surface area contributed by atoms with Crippen LogP contribution in [0.25, 0.3) is 10.2 Å². The lowest BCUT2D eigenvalue weighted by atomic mass is 10.1. The Kier molecular flexibility index (Phi) is 4.50. The lowest BCUT2D eigenvalue weighted by molar-refractivity contribution is 0.399. The van der Waals surface area contributed by atoms with Gasteiger partial charge in [0.1, 0.15) is 5.52 Å². The molecule has 2 N–H and O–H groups in total. The van der Waals surface area contributed by atoms with Crippen molar-refractivity contribution in [2.45, 2.75) is 45.7 Å². The second-order valence-corrected chi connectivity index (χ2v) is 6.11. The SMILES string of the molecule is CO.Cc1nc2c(C)ncc([C@H]3CC[C@@H](C)N3)c2s1. The third-order valence-electron chi connectivity index (χ3n) is 3.49. The standard InChI is InChI=1S/C13H17N3S.CH4O/c1-7-4-5-11(15-7)10-6-14-8(2)12-13(10)17-9(3)16-12;1-2/h6-7,11,15H,4-5H2,1-3H3;2H,1H3/t7-,11-;/m1./s1. The Morgan fingerprint density at radius 1 is 1.32 bits per heavy atom. The Labute approximate surface area is 117 Å². The summed E-state index contributed by atoms with van der Waals surface area (Å²) in [7, 11) is 1.00. The Balaban J connectivity index is 0.000000637. The zero-order valence-corrected chi connectivity index (χ0v) is 12.7. The highest BCUT2D eigenvalue weighted by Gasteiger charge is 2.24. The fourth-order valence-corrected chi connectivity index (χ4v) is 3.61. The van der Waals surface area contributed by atoms with Crippen LogP contribution in [0.15, 0.2) is 6.20 Å². The first-order valence-corrected chi connectivity index (χ1v) is 7.40. The number of hydrogen-bond acceptors (Lipinski definition) is 5. The Hall–Kier alpha value is -1.04. The summed E-state index contributed by atoms with van der Waals surface area (Å²) in [5.74, 6) is 0. The lowest BCUT2D eigenvalue weighted by Crippen LogP contribution is -2.21. The van der Waals surface area contributed by atoms with Gasteiger partial charge in [-0.1, -0.05) is 0 Å². The van der Waals surface area contributed by atoms with Gasteiger partial charge in [-0.25, -0.2) is 4.98 Å². The van der Waals surface area contributed by atoms with Gasteiger partial charge in [0.25, 0.3) is 0 Å². The van der Waals surface area contributed by atoms with Crippen LogP contribution in [0.3, 0.4) is 0 Å². The summed E-state index contributed by atoms with van der Waals surface area (Å²) in [5.41, 5.74) is 3.46. The maximum absolute atomic E-state index is 7.00. The minimum absolute atomic E-state index is 0.459. The minimum Gasteiger partial charge on any atom is -0.400 e. The van der Waals surface area contributed by atoms with Gasteiger partial charge >= 0.3 is 0 Å². The predicted octanol–water partition coefficient (Wildman–Crippen LogP) is 2.73. The van der Waals surface area contributed by atoms with Gasteiger partial charge in [0.05, 0.1) is 15.4 Å². The van der Waals surface area contributed by atoms with Crippen molar-refractivity contribution in [2.75, 3.05) is 7.11 Å². The normalized spacial score (nSPS) is 22.4. The molecule has 1 aliphatic heterocycles. The summed E-state index contributed by atoms with van der Waals surface area (Å²) in [4.78, 5) is 9.09. The number of aromatic nitrogens is 2. The van der Waals surface area contributed by atoms with E-state index in [0.29, 0.717) is 12.1 Å². The maximum atomic E-state index is 7.00. The average molecular weight is 279 g/mol. The predicted molar refractivity (Wildman–Crippen MR) is 79.6 cm³/mol. The molecule has 2 aromatic rings. The van der Waals surface area contributed by atoms with Gasteiger partial charge in [0.2, 0.25) is 0 Å². The lowest BCUT2D eigenvalue weighted by Gasteiger charge is -2.12. The third-order valence-corrected chi connectivity index (χ3v) is 4.51. The number of aliphatic hydroxyl groups is 1. The van der Waals surface area contributed by atoms with Gasteiger partial charge < -0.3 is 10.4 Å². The van der Waals surface area contributed by atoms with E-state index in [0.717, 1.165) is 23.3 Å². The van der Waals surface area contributed by atoms with E-state index in [9.17, 15) is 0 Å². The molecule has 0 spiro atoms. The van der Waals surface area contributed by atoms with Crippen LogP contribution < -0.4 is 5.32 Å². The average Bonchev–Trinajstić information content (AvgIpc) is 2.99. The molecule has 19 heavy (non-hydrogen) atoms. The van der Waals surface area contributed by atoms with Crippen molar-refractivity contribution in [1.82, 2.24) is 15.3 Å². The third kappa shape index (κ3) is 2.78. The highest BCUT2D eigenvalue weighted by atomic mass is 32.1. The molecule has 2 aromatic heterocycles. The summed E-state index contributed by atoms with van der Waals surface area (Å²) in [6.07, 6.45) is 4.49. The monoisotopic (exact) mass is 279 g/mol. The summed E-state index contributed by atoms with van der Waals surface area (Å²) in [6.45, 7) is 6.35. The van der Waals surface area contributed by atoms with Crippen LogP contribution in [0.4, 0.5) is 0 Å². The summed E-state index contributed by atoms with van der Waals surface area (Å²) < 4.78 is 1.32. The van der Waals surface area contributed by atoms with Crippen molar-refractivity contribution >= 4 is 21.6 Å². The maximum Gasteiger partial charge on any atom is 0.103 e. The molecule has 0 aliphatic carbocycles. The number of fused-ring (bicyclic) bond motifs is 1. The van der Waals surface area contributed by atoms with Gasteiger partial charge in [-0.3, -0.25) is 4.98 Å². The molecular formula is C14H21N3OS. The van der Waals surface area contributed by atoms with Crippen molar-refractivity contribution in [1.29, 1.82) is 0 Å². The van der Waals surface area contributed by atoms with Gasteiger partial charge in [-0.2, -0.15) is 0 Å². The van der Waals surface area contributed by atoms with E-state index < -0.39 is 0 Å². The van der Waals surface area contributed by atoms with Crippen LogP contribution >= 0.6 is 11.3 Å². The molecule has 1 aliphatic rings. The van der Waals surface area contributed by atoms with E-state index >= 15 is 0 Å². The number of rotatable bonds is 1. The second kappa shape index (κ2) is 5.94. The number of hydrogen-bond donors (Lipinski definition) is 2. The number of nitrogens with zero attached hydrogens (tertiary/aromatic N) is 2. The molecule has 1 fully saturated rings. The molecule has 3 rings (SSSR count).